The molecule has 0 radical (unpaired) electrons. The number of nitrogens with zero attached hydrogens (tertiary/aromatic N) is 2. The molecule has 3 rings (SSSR count). The van der Waals surface area contributed by atoms with E-state index in [0.717, 1.165) is 10.1 Å². The lowest BCUT2D eigenvalue weighted by Crippen LogP contribution is -2.28. The van der Waals surface area contributed by atoms with Crippen LogP contribution in [-0.2, 0) is 6.54 Å². The molecular formula is C23H19ClN2O4. The topological polar surface area (TPSA) is 92.3 Å². The van der Waals surface area contributed by atoms with Crippen molar-refractivity contribution in [2.45, 2.75) is 20.4 Å². The second-order valence-electron chi connectivity index (χ2n) is 6.82. The standard InChI is InChI=1S/C23H19ClN2O4/c1-14-7-9-17(10-8-14)30-13-20(27)21-15(2)18(11-25)22(28)26(23(21)29)12-16-5-3-4-6-19(16)24/h3-10,29H,12-13H2,1-2H3. The number of Topliss-reactive ketones (excluding diaryl/α,β-unsaturated/α-hetero) is 1. The Hall–Kier alpha value is -3.56. The number of ether oxygens (including phenoxy) is 1. The minimum Gasteiger partial charge on any atom is -0.494 e. The molecule has 30 heavy (non-hydrogen) atoms. The van der Waals surface area contributed by atoms with Gasteiger partial charge >= 0.3 is 0 Å². The molecule has 0 aliphatic rings. The van der Waals surface area contributed by atoms with Crippen LogP contribution in [-0.4, -0.2) is 22.1 Å². The fourth-order valence-corrected chi connectivity index (χ4v) is 3.28. The number of hydrogen-bond donors (Lipinski definition) is 1. The molecule has 1 N–H and O–H groups in total. The monoisotopic (exact) mass is 422 g/mol. The maximum atomic E-state index is 12.8. The number of carbonyl (C=O) groups is 1. The summed E-state index contributed by atoms with van der Waals surface area (Å²) in [5.74, 6) is -0.570. The number of pyridine rings is 1. The van der Waals surface area contributed by atoms with E-state index in [2.05, 4.69) is 0 Å². The third-order valence-electron chi connectivity index (χ3n) is 4.76. The van der Waals surface area contributed by atoms with Crippen molar-refractivity contribution in [3.63, 3.8) is 0 Å². The van der Waals surface area contributed by atoms with Gasteiger partial charge in [-0.15, -0.1) is 0 Å². The van der Waals surface area contributed by atoms with Crippen LogP contribution in [0.25, 0.3) is 0 Å². The van der Waals surface area contributed by atoms with Crippen LogP contribution in [0, 0.1) is 25.2 Å². The summed E-state index contributed by atoms with van der Waals surface area (Å²) in [4.78, 5) is 25.6. The van der Waals surface area contributed by atoms with Gasteiger partial charge in [0.05, 0.1) is 12.1 Å². The predicted molar refractivity (Wildman–Crippen MR) is 113 cm³/mol. The van der Waals surface area contributed by atoms with E-state index in [0.29, 0.717) is 16.3 Å². The highest BCUT2D eigenvalue weighted by atomic mass is 35.5. The molecule has 152 valence electrons. The zero-order valence-electron chi connectivity index (χ0n) is 16.5. The molecule has 6 nitrogen and oxygen atoms in total. The summed E-state index contributed by atoms with van der Waals surface area (Å²) < 4.78 is 6.49. The molecule has 0 fully saturated rings. The van der Waals surface area contributed by atoms with Crippen LogP contribution in [0.5, 0.6) is 11.6 Å². The largest absolute Gasteiger partial charge is 0.494 e. The molecule has 0 atom stereocenters. The predicted octanol–water partition coefficient (Wildman–Crippen LogP) is 4.01. The van der Waals surface area contributed by atoms with Crippen LogP contribution in [0.1, 0.15) is 32.6 Å². The molecule has 0 aliphatic heterocycles. The molecule has 3 aromatic rings. The van der Waals surface area contributed by atoms with E-state index in [1.807, 2.05) is 25.1 Å². The summed E-state index contributed by atoms with van der Waals surface area (Å²) >= 11 is 6.17. The maximum Gasteiger partial charge on any atom is 0.271 e. The van der Waals surface area contributed by atoms with Gasteiger partial charge in [-0.25, -0.2) is 0 Å². The van der Waals surface area contributed by atoms with Crippen molar-refractivity contribution in [2.24, 2.45) is 0 Å². The number of aryl methyl sites for hydroxylation is 1. The molecule has 0 saturated heterocycles. The van der Waals surface area contributed by atoms with Crippen molar-refractivity contribution in [3.8, 4) is 17.7 Å². The van der Waals surface area contributed by atoms with Gasteiger partial charge in [-0.05, 0) is 43.2 Å². The van der Waals surface area contributed by atoms with E-state index in [1.165, 1.54) is 6.92 Å². The van der Waals surface area contributed by atoms with E-state index >= 15 is 0 Å². The van der Waals surface area contributed by atoms with Crippen molar-refractivity contribution < 1.29 is 14.6 Å². The molecule has 0 bridgehead atoms. The van der Waals surface area contributed by atoms with Crippen molar-refractivity contribution in [3.05, 3.63) is 91.7 Å². The molecule has 0 spiro atoms. The number of aromatic hydroxyl groups is 1. The number of halogens is 1. The number of hydrogen-bond acceptors (Lipinski definition) is 5. The molecular weight excluding hydrogens is 404 g/mol. The van der Waals surface area contributed by atoms with Crippen LogP contribution >= 0.6 is 11.6 Å². The maximum absolute atomic E-state index is 12.8. The van der Waals surface area contributed by atoms with E-state index in [4.69, 9.17) is 16.3 Å². The zero-order valence-corrected chi connectivity index (χ0v) is 17.2. The number of nitriles is 1. The smallest absolute Gasteiger partial charge is 0.271 e. The minimum absolute atomic E-state index is 0.0849. The van der Waals surface area contributed by atoms with Gasteiger partial charge in [0.2, 0.25) is 11.7 Å². The Morgan fingerprint density at radius 1 is 1.17 bits per heavy atom. The minimum atomic E-state index is -0.691. The second kappa shape index (κ2) is 8.85. The Bertz CT molecular complexity index is 1210. The average molecular weight is 423 g/mol. The Balaban J connectivity index is 2.00. The highest BCUT2D eigenvalue weighted by Crippen LogP contribution is 2.25. The first-order chi connectivity index (χ1) is 14.3. The molecule has 1 heterocycles. The summed E-state index contributed by atoms with van der Waals surface area (Å²) in [6, 6.07) is 15.8. The van der Waals surface area contributed by atoms with Gasteiger partial charge in [0.15, 0.2) is 6.61 Å². The molecule has 0 amide bonds. The fourth-order valence-electron chi connectivity index (χ4n) is 3.08. The number of rotatable bonds is 6. The molecule has 1 aromatic heterocycles. The summed E-state index contributed by atoms with van der Waals surface area (Å²) in [5.41, 5.74) is 0.714. The van der Waals surface area contributed by atoms with Crippen LogP contribution < -0.4 is 10.3 Å². The Kier molecular flexibility index (Phi) is 6.24. The Labute approximate surface area is 178 Å². The fraction of sp³-hybridized carbons (Fsp3) is 0.174. The van der Waals surface area contributed by atoms with Crippen LogP contribution in [0.3, 0.4) is 0 Å². The Morgan fingerprint density at radius 3 is 2.47 bits per heavy atom. The molecule has 2 aromatic carbocycles. The first kappa shape index (κ1) is 21.2. The number of ketones is 1. The normalized spacial score (nSPS) is 10.5. The Morgan fingerprint density at radius 2 is 1.83 bits per heavy atom. The molecule has 0 unspecified atom stereocenters. The molecule has 0 saturated carbocycles. The van der Waals surface area contributed by atoms with Crippen LogP contribution in [0.4, 0.5) is 0 Å². The van der Waals surface area contributed by atoms with Crippen molar-refractivity contribution >= 4 is 17.4 Å². The lowest BCUT2D eigenvalue weighted by molar-refractivity contribution is 0.0916. The quantitative estimate of drug-likeness (QED) is 0.606. The SMILES string of the molecule is Cc1ccc(OCC(=O)c2c(C)c(C#N)c(=O)n(Cc3ccccc3Cl)c2O)cc1. The van der Waals surface area contributed by atoms with Crippen molar-refractivity contribution in [1.29, 1.82) is 5.26 Å². The summed E-state index contributed by atoms with van der Waals surface area (Å²) in [6.45, 7) is 2.95. The molecule has 7 heteroatoms. The first-order valence-electron chi connectivity index (χ1n) is 9.16. The van der Waals surface area contributed by atoms with Crippen molar-refractivity contribution in [1.82, 2.24) is 4.57 Å². The number of aromatic nitrogens is 1. The molecule has 0 aliphatic carbocycles. The van der Waals surface area contributed by atoms with Gasteiger partial charge in [-0.1, -0.05) is 47.5 Å². The van der Waals surface area contributed by atoms with Gasteiger partial charge in [0, 0.05) is 5.02 Å². The van der Waals surface area contributed by atoms with Gasteiger partial charge in [0.25, 0.3) is 5.56 Å². The van der Waals surface area contributed by atoms with Gasteiger partial charge in [0.1, 0.15) is 17.4 Å². The van der Waals surface area contributed by atoms with E-state index in [-0.39, 0.29) is 29.8 Å². The summed E-state index contributed by atoms with van der Waals surface area (Å²) in [6.07, 6.45) is 0. The third-order valence-corrected chi connectivity index (χ3v) is 5.12. The van der Waals surface area contributed by atoms with E-state index < -0.39 is 17.2 Å². The van der Waals surface area contributed by atoms with Crippen LogP contribution in [0.15, 0.2) is 53.3 Å². The average Bonchev–Trinajstić information content (AvgIpc) is 2.72. The number of carbonyl (C=O) groups excluding carboxylic acids is 1. The highest BCUT2D eigenvalue weighted by molar-refractivity contribution is 6.31. The van der Waals surface area contributed by atoms with E-state index in [9.17, 15) is 20.0 Å². The van der Waals surface area contributed by atoms with Gasteiger partial charge in [-0.2, -0.15) is 5.26 Å². The zero-order chi connectivity index (χ0) is 21.8. The van der Waals surface area contributed by atoms with E-state index in [1.54, 1.807) is 36.4 Å². The summed E-state index contributed by atoms with van der Waals surface area (Å²) in [7, 11) is 0. The van der Waals surface area contributed by atoms with Crippen molar-refractivity contribution in [2.75, 3.05) is 6.61 Å². The number of benzene rings is 2. The highest BCUT2D eigenvalue weighted by Gasteiger charge is 2.24. The summed E-state index contributed by atoms with van der Waals surface area (Å²) in [5, 5.41) is 20.6. The third kappa shape index (κ3) is 4.22. The van der Waals surface area contributed by atoms with Gasteiger partial charge in [-0.3, -0.25) is 14.2 Å². The lowest BCUT2D eigenvalue weighted by Gasteiger charge is -2.16. The van der Waals surface area contributed by atoms with Crippen LogP contribution in [0.2, 0.25) is 5.02 Å². The second-order valence-corrected chi connectivity index (χ2v) is 7.23. The van der Waals surface area contributed by atoms with Gasteiger partial charge < -0.3 is 9.84 Å². The first-order valence-corrected chi connectivity index (χ1v) is 9.53. The lowest BCUT2D eigenvalue weighted by atomic mass is 10.0.